The Hall–Kier alpha value is -1.44. The van der Waals surface area contributed by atoms with Gasteiger partial charge in [0.1, 0.15) is 0 Å². The Kier molecular flexibility index (Phi) is 1.10. The van der Waals surface area contributed by atoms with Gasteiger partial charge in [-0.1, -0.05) is 12.1 Å². The fourth-order valence-electron chi connectivity index (χ4n) is 0.821. The molecule has 0 aliphatic carbocycles. The number of hydrogen-bond acceptors (Lipinski definition) is 2. The van der Waals surface area contributed by atoms with Crippen LogP contribution in [0.3, 0.4) is 0 Å². The molecule has 0 fully saturated rings. The maximum atomic E-state index is 3.91. The van der Waals surface area contributed by atoms with E-state index in [9.17, 15) is 0 Å². The standard InChI is InChI=1S/C8H4N2/c1-2-4-8-7(3-1)5-9-6-10-8/h1,3-5H. The molecule has 1 aromatic heterocycles. The highest BCUT2D eigenvalue weighted by atomic mass is 14.8. The highest BCUT2D eigenvalue weighted by Gasteiger charge is 1.88. The van der Waals surface area contributed by atoms with Gasteiger partial charge in [-0.15, -0.1) is 0 Å². The zero-order chi connectivity index (χ0) is 6.81. The summed E-state index contributed by atoms with van der Waals surface area (Å²) in [6.45, 7) is 0. The Bertz CT molecular complexity index is 278. The van der Waals surface area contributed by atoms with Crippen LogP contribution in [-0.2, 0) is 0 Å². The lowest BCUT2D eigenvalue weighted by atomic mass is 10.2. The molecule has 0 N–H and O–H groups in total. The Morgan fingerprint density at radius 3 is 3.30 bits per heavy atom. The smallest absolute Gasteiger partial charge is 0.198 e. The van der Waals surface area contributed by atoms with E-state index >= 15 is 0 Å². The van der Waals surface area contributed by atoms with Gasteiger partial charge in [-0.25, -0.2) is 9.97 Å². The summed E-state index contributed by atoms with van der Waals surface area (Å²) in [7, 11) is 0. The van der Waals surface area contributed by atoms with Crippen LogP contribution in [0.25, 0.3) is 10.9 Å². The van der Waals surface area contributed by atoms with Crippen molar-refractivity contribution in [2.24, 2.45) is 0 Å². The van der Waals surface area contributed by atoms with E-state index in [1.54, 1.807) is 6.20 Å². The quantitative estimate of drug-likeness (QED) is 0.533. The van der Waals surface area contributed by atoms with Gasteiger partial charge in [0.05, 0.1) is 5.52 Å². The molecule has 10 heavy (non-hydrogen) atoms. The Morgan fingerprint density at radius 2 is 2.40 bits per heavy atom. The molecule has 0 saturated heterocycles. The van der Waals surface area contributed by atoms with E-state index in [2.05, 4.69) is 22.4 Å². The van der Waals surface area contributed by atoms with Crippen LogP contribution in [0.1, 0.15) is 0 Å². The van der Waals surface area contributed by atoms with Crippen LogP contribution >= 0.6 is 0 Å². The second-order valence-electron chi connectivity index (χ2n) is 1.95. The summed E-state index contributed by atoms with van der Waals surface area (Å²) < 4.78 is 0. The van der Waals surface area contributed by atoms with Crippen LogP contribution in [0, 0.1) is 12.4 Å². The van der Waals surface area contributed by atoms with Crippen LogP contribution in [0.15, 0.2) is 24.4 Å². The first kappa shape index (κ1) is 5.35. The van der Waals surface area contributed by atoms with Crippen molar-refractivity contribution in [1.29, 1.82) is 0 Å². The zero-order valence-electron chi connectivity index (χ0n) is 5.20. The van der Waals surface area contributed by atoms with Gasteiger partial charge in [0.2, 0.25) is 0 Å². The molecule has 0 spiro atoms. The Labute approximate surface area is 58.6 Å². The van der Waals surface area contributed by atoms with Gasteiger partial charge in [-0.05, 0) is 12.1 Å². The third-order valence-electron chi connectivity index (χ3n) is 1.31. The van der Waals surface area contributed by atoms with Crippen LogP contribution in [-0.4, -0.2) is 9.97 Å². The molecule has 46 valence electrons. The molecular weight excluding hydrogens is 124 g/mol. The maximum absolute atomic E-state index is 3.91. The summed E-state index contributed by atoms with van der Waals surface area (Å²) in [5.41, 5.74) is 0.887. The van der Waals surface area contributed by atoms with Crippen molar-refractivity contribution in [2.75, 3.05) is 0 Å². The zero-order valence-corrected chi connectivity index (χ0v) is 5.20. The van der Waals surface area contributed by atoms with E-state index in [1.165, 1.54) is 0 Å². The average molecular weight is 128 g/mol. The summed E-state index contributed by atoms with van der Waals surface area (Å²) in [5, 5.41) is 1.03. The van der Waals surface area contributed by atoms with Crippen LogP contribution in [0.5, 0.6) is 0 Å². The largest absolute Gasteiger partial charge is 0.233 e. The van der Waals surface area contributed by atoms with Crippen molar-refractivity contribution < 1.29 is 0 Å². The summed E-state index contributed by atoms with van der Waals surface area (Å²) in [4.78, 5) is 7.68. The third-order valence-corrected chi connectivity index (χ3v) is 1.31. The van der Waals surface area contributed by atoms with Crippen molar-refractivity contribution in [3.8, 4) is 0 Å². The van der Waals surface area contributed by atoms with Crippen molar-refractivity contribution >= 4 is 10.9 Å². The molecule has 2 heteroatoms. The van der Waals surface area contributed by atoms with Crippen molar-refractivity contribution in [3.63, 3.8) is 0 Å². The lowest BCUT2D eigenvalue weighted by Gasteiger charge is -1.89. The molecule has 0 aliphatic rings. The molecule has 0 atom stereocenters. The van der Waals surface area contributed by atoms with Crippen LogP contribution < -0.4 is 0 Å². The van der Waals surface area contributed by atoms with Gasteiger partial charge in [-0.3, -0.25) is 0 Å². The third kappa shape index (κ3) is 0.739. The van der Waals surface area contributed by atoms with Gasteiger partial charge in [0.25, 0.3) is 0 Å². The van der Waals surface area contributed by atoms with Crippen molar-refractivity contribution in [2.45, 2.75) is 0 Å². The van der Waals surface area contributed by atoms with E-state index < -0.39 is 0 Å². The summed E-state index contributed by atoms with van der Waals surface area (Å²) >= 11 is 0. The van der Waals surface area contributed by atoms with Gasteiger partial charge in [0.15, 0.2) is 6.33 Å². The molecule has 0 amide bonds. The molecule has 1 aromatic carbocycles. The summed E-state index contributed by atoms with van der Waals surface area (Å²) in [5.74, 6) is 0. The highest BCUT2D eigenvalue weighted by Crippen LogP contribution is 2.05. The highest BCUT2D eigenvalue weighted by molar-refractivity contribution is 5.76. The molecule has 0 unspecified atom stereocenters. The van der Waals surface area contributed by atoms with E-state index in [0.717, 1.165) is 10.9 Å². The topological polar surface area (TPSA) is 25.8 Å². The van der Waals surface area contributed by atoms with Gasteiger partial charge in [-0.2, -0.15) is 0 Å². The van der Waals surface area contributed by atoms with Gasteiger partial charge in [0, 0.05) is 11.6 Å². The average Bonchev–Trinajstić information content (AvgIpc) is 2.05. The molecule has 2 aromatic rings. The number of fused-ring (bicyclic) bond motifs is 1. The first-order valence-corrected chi connectivity index (χ1v) is 2.96. The Morgan fingerprint density at radius 1 is 1.40 bits per heavy atom. The Balaban J connectivity index is 2.89. The maximum Gasteiger partial charge on any atom is 0.198 e. The molecule has 0 aliphatic heterocycles. The SMILES string of the molecule is [c]1ccc2cn[c]nc2c1. The normalized spacial score (nSPS) is 10.0. The number of rotatable bonds is 0. The summed E-state index contributed by atoms with van der Waals surface area (Å²) in [6.07, 6.45) is 4.25. The fourth-order valence-corrected chi connectivity index (χ4v) is 0.821. The van der Waals surface area contributed by atoms with Gasteiger partial charge >= 0.3 is 0 Å². The van der Waals surface area contributed by atoms with Crippen LogP contribution in [0.4, 0.5) is 0 Å². The van der Waals surface area contributed by atoms with E-state index in [-0.39, 0.29) is 0 Å². The van der Waals surface area contributed by atoms with E-state index in [0.29, 0.717) is 0 Å². The number of benzene rings is 1. The second-order valence-corrected chi connectivity index (χ2v) is 1.95. The molecule has 1 heterocycles. The number of aromatic nitrogens is 2. The lowest BCUT2D eigenvalue weighted by molar-refractivity contribution is 1.20. The first-order chi connectivity index (χ1) is 4.97. The van der Waals surface area contributed by atoms with Crippen molar-refractivity contribution in [3.05, 3.63) is 36.8 Å². The monoisotopic (exact) mass is 128 g/mol. The minimum atomic E-state index is 0.887. The van der Waals surface area contributed by atoms with Crippen LogP contribution in [0.2, 0.25) is 0 Å². The molecule has 2 radical (unpaired) electrons. The second kappa shape index (κ2) is 2.06. The lowest BCUT2D eigenvalue weighted by Crippen LogP contribution is -1.78. The minimum Gasteiger partial charge on any atom is -0.233 e. The first-order valence-electron chi connectivity index (χ1n) is 2.96. The van der Waals surface area contributed by atoms with E-state index in [4.69, 9.17) is 0 Å². The predicted octanol–water partition coefficient (Wildman–Crippen LogP) is 1.23. The molecule has 0 bridgehead atoms. The molecular formula is C8H4N2. The minimum absolute atomic E-state index is 0.887. The molecule has 2 rings (SSSR count). The summed E-state index contributed by atoms with van der Waals surface area (Å²) in [6, 6.07) is 8.50. The number of hydrogen-bond donors (Lipinski definition) is 0. The fraction of sp³-hybridized carbons (Fsp3) is 0. The van der Waals surface area contributed by atoms with E-state index in [1.807, 2.05) is 18.2 Å². The predicted molar refractivity (Wildman–Crippen MR) is 37.2 cm³/mol. The van der Waals surface area contributed by atoms with Gasteiger partial charge < -0.3 is 0 Å². The molecule has 0 saturated carbocycles. The molecule has 2 nitrogen and oxygen atoms in total. The van der Waals surface area contributed by atoms with Crippen molar-refractivity contribution in [1.82, 2.24) is 9.97 Å². The number of nitrogens with zero attached hydrogens (tertiary/aromatic N) is 2.